The van der Waals surface area contributed by atoms with Crippen molar-refractivity contribution in [1.29, 1.82) is 0 Å². The summed E-state index contributed by atoms with van der Waals surface area (Å²) in [6.45, 7) is 4.89. The van der Waals surface area contributed by atoms with Crippen LogP contribution in [0, 0.1) is 0 Å². The van der Waals surface area contributed by atoms with Crippen LogP contribution in [-0.2, 0) is 11.2 Å². The summed E-state index contributed by atoms with van der Waals surface area (Å²) in [5.74, 6) is 0.988. The Kier molecular flexibility index (Phi) is 5.94. The van der Waals surface area contributed by atoms with Crippen molar-refractivity contribution >= 4 is 11.6 Å². The quantitative estimate of drug-likeness (QED) is 0.851. The van der Waals surface area contributed by atoms with E-state index >= 15 is 0 Å². The minimum atomic E-state index is -0.242. The lowest BCUT2D eigenvalue weighted by molar-refractivity contribution is -0.120. The number of ether oxygens (including phenoxy) is 1. The van der Waals surface area contributed by atoms with Gasteiger partial charge in [0.25, 0.3) is 0 Å². The maximum absolute atomic E-state index is 13.1. The average molecular weight is 352 g/mol. The molecule has 1 aliphatic rings. The maximum atomic E-state index is 13.1. The van der Waals surface area contributed by atoms with Crippen LogP contribution in [0.25, 0.3) is 0 Å². The molecule has 0 radical (unpaired) electrons. The molecule has 1 aliphatic heterocycles. The molecule has 138 valence electrons. The number of para-hydroxylation sites is 1. The highest BCUT2D eigenvalue weighted by Crippen LogP contribution is 2.28. The van der Waals surface area contributed by atoms with Gasteiger partial charge in [0.15, 0.2) is 0 Å². The first kappa shape index (κ1) is 18.5. The summed E-state index contributed by atoms with van der Waals surface area (Å²) >= 11 is 0. The lowest BCUT2D eigenvalue weighted by Gasteiger charge is -2.33. The summed E-state index contributed by atoms with van der Waals surface area (Å²) < 4.78 is 5.23. The minimum absolute atomic E-state index is 0.139. The molecule has 0 aliphatic carbocycles. The van der Waals surface area contributed by atoms with E-state index in [4.69, 9.17) is 4.74 Å². The number of hydrogen-bond donors (Lipinski definition) is 1. The molecule has 26 heavy (non-hydrogen) atoms. The van der Waals surface area contributed by atoms with E-state index in [0.717, 1.165) is 37.2 Å². The fourth-order valence-electron chi connectivity index (χ4n) is 3.66. The number of carbonyl (C=O) groups excluding carboxylic acids is 1. The molecule has 2 aromatic carbocycles. The number of nitrogens with one attached hydrogen (secondary N) is 1. The van der Waals surface area contributed by atoms with Crippen molar-refractivity contribution in [3.8, 4) is 5.75 Å². The van der Waals surface area contributed by atoms with Gasteiger partial charge in [0.1, 0.15) is 5.75 Å². The van der Waals surface area contributed by atoms with Crippen LogP contribution in [0.3, 0.4) is 0 Å². The highest BCUT2D eigenvalue weighted by atomic mass is 16.5. The monoisotopic (exact) mass is 352 g/mol. The van der Waals surface area contributed by atoms with Gasteiger partial charge in [-0.05, 0) is 55.5 Å². The molecular formula is C22H28N2O2. The summed E-state index contributed by atoms with van der Waals surface area (Å²) in [5.41, 5.74) is 3.50. The van der Waals surface area contributed by atoms with Gasteiger partial charge in [-0.3, -0.25) is 10.1 Å². The van der Waals surface area contributed by atoms with E-state index in [1.54, 1.807) is 7.11 Å². The Bertz CT molecular complexity index is 742. The Labute approximate surface area is 156 Å². The highest BCUT2D eigenvalue weighted by molar-refractivity contribution is 5.98. The van der Waals surface area contributed by atoms with Crippen LogP contribution in [0.2, 0.25) is 0 Å². The average Bonchev–Trinajstić information content (AvgIpc) is 2.71. The molecule has 2 atom stereocenters. The Balaban J connectivity index is 1.72. The number of fused-ring (bicyclic) bond motifs is 1. The van der Waals surface area contributed by atoms with Crippen molar-refractivity contribution in [3.63, 3.8) is 0 Å². The van der Waals surface area contributed by atoms with Gasteiger partial charge in [-0.15, -0.1) is 0 Å². The number of methoxy groups -OCH3 is 1. The molecule has 4 nitrogen and oxygen atoms in total. The van der Waals surface area contributed by atoms with Gasteiger partial charge in [-0.1, -0.05) is 37.3 Å². The molecule has 1 N–H and O–H groups in total. The van der Waals surface area contributed by atoms with Gasteiger partial charge in [-0.25, -0.2) is 0 Å². The zero-order chi connectivity index (χ0) is 18.5. The van der Waals surface area contributed by atoms with E-state index in [1.165, 1.54) is 11.1 Å². The third kappa shape index (κ3) is 3.91. The molecule has 0 spiro atoms. The zero-order valence-electron chi connectivity index (χ0n) is 15.9. The van der Waals surface area contributed by atoms with Gasteiger partial charge in [0.05, 0.1) is 13.2 Å². The molecule has 4 heteroatoms. The summed E-state index contributed by atoms with van der Waals surface area (Å²) in [4.78, 5) is 15.0. The first-order chi connectivity index (χ1) is 12.6. The van der Waals surface area contributed by atoms with Gasteiger partial charge in [0, 0.05) is 18.3 Å². The summed E-state index contributed by atoms with van der Waals surface area (Å²) in [7, 11) is 1.67. The number of hydrogen-bond acceptors (Lipinski definition) is 3. The number of nitrogens with zero attached hydrogens (tertiary/aromatic N) is 1. The van der Waals surface area contributed by atoms with Crippen LogP contribution in [0.1, 0.15) is 43.9 Å². The summed E-state index contributed by atoms with van der Waals surface area (Å²) in [6.07, 6.45) is 2.98. The fraction of sp³-hybridized carbons (Fsp3) is 0.409. The van der Waals surface area contributed by atoms with Crippen molar-refractivity contribution in [2.24, 2.45) is 0 Å². The van der Waals surface area contributed by atoms with Gasteiger partial charge in [0.2, 0.25) is 5.91 Å². The Morgan fingerprint density at radius 2 is 1.92 bits per heavy atom. The maximum Gasteiger partial charge on any atom is 0.243 e. The standard InChI is InChI=1S/C22H28N2O2/c1-4-20(17-11-13-19(26-3)14-12-17)23-16(2)22(25)24-15-7-9-18-8-5-6-10-21(18)24/h5-6,8,10-14,16,20,23H,4,7,9,15H2,1-3H3. The Hall–Kier alpha value is -2.33. The second-order valence-corrected chi connectivity index (χ2v) is 6.84. The van der Waals surface area contributed by atoms with Gasteiger partial charge < -0.3 is 9.64 Å². The van der Waals surface area contributed by atoms with E-state index in [0.29, 0.717) is 0 Å². The Morgan fingerprint density at radius 1 is 1.19 bits per heavy atom. The molecule has 1 heterocycles. The predicted octanol–water partition coefficient (Wildman–Crippen LogP) is 4.10. The van der Waals surface area contributed by atoms with E-state index in [1.807, 2.05) is 36.1 Å². The predicted molar refractivity (Wildman–Crippen MR) is 106 cm³/mol. The molecule has 1 amide bonds. The lowest BCUT2D eigenvalue weighted by atomic mass is 10.00. The van der Waals surface area contributed by atoms with Gasteiger partial charge in [-0.2, -0.15) is 0 Å². The van der Waals surface area contributed by atoms with Crippen molar-refractivity contribution in [2.75, 3.05) is 18.6 Å². The van der Waals surface area contributed by atoms with Crippen molar-refractivity contribution in [2.45, 2.75) is 45.2 Å². The SMILES string of the molecule is CCC(NC(C)C(=O)N1CCCc2ccccc21)c1ccc(OC)cc1. The molecule has 0 aromatic heterocycles. The van der Waals surface area contributed by atoms with Crippen LogP contribution in [0.5, 0.6) is 5.75 Å². The van der Waals surface area contributed by atoms with Crippen LogP contribution < -0.4 is 15.0 Å². The van der Waals surface area contributed by atoms with Gasteiger partial charge >= 0.3 is 0 Å². The molecule has 2 aromatic rings. The number of rotatable bonds is 6. The molecule has 0 fully saturated rings. The molecule has 0 bridgehead atoms. The third-order valence-electron chi connectivity index (χ3n) is 5.12. The number of benzene rings is 2. The molecule has 3 rings (SSSR count). The zero-order valence-corrected chi connectivity index (χ0v) is 15.9. The normalized spacial score (nSPS) is 15.9. The number of carbonyl (C=O) groups is 1. The molecule has 0 saturated carbocycles. The first-order valence-electron chi connectivity index (χ1n) is 9.43. The third-order valence-corrected chi connectivity index (χ3v) is 5.12. The van der Waals surface area contributed by atoms with E-state index < -0.39 is 0 Å². The summed E-state index contributed by atoms with van der Waals surface area (Å²) in [6, 6.07) is 16.2. The van der Waals surface area contributed by atoms with Crippen LogP contribution in [-0.4, -0.2) is 25.6 Å². The van der Waals surface area contributed by atoms with Crippen LogP contribution in [0.15, 0.2) is 48.5 Å². The van der Waals surface area contributed by atoms with Crippen molar-refractivity contribution < 1.29 is 9.53 Å². The van der Waals surface area contributed by atoms with Crippen LogP contribution >= 0.6 is 0 Å². The molecule has 0 saturated heterocycles. The summed E-state index contributed by atoms with van der Waals surface area (Å²) in [5, 5.41) is 3.52. The van der Waals surface area contributed by atoms with Crippen molar-refractivity contribution in [3.05, 3.63) is 59.7 Å². The second kappa shape index (κ2) is 8.37. The minimum Gasteiger partial charge on any atom is -0.497 e. The smallest absolute Gasteiger partial charge is 0.243 e. The first-order valence-corrected chi connectivity index (χ1v) is 9.43. The van der Waals surface area contributed by atoms with Crippen LogP contribution in [0.4, 0.5) is 5.69 Å². The number of aryl methyl sites for hydroxylation is 1. The largest absolute Gasteiger partial charge is 0.497 e. The fourth-order valence-corrected chi connectivity index (χ4v) is 3.66. The van der Waals surface area contributed by atoms with E-state index in [2.05, 4.69) is 36.5 Å². The van der Waals surface area contributed by atoms with E-state index in [9.17, 15) is 4.79 Å². The second-order valence-electron chi connectivity index (χ2n) is 6.84. The molecule has 2 unspecified atom stereocenters. The topological polar surface area (TPSA) is 41.6 Å². The molecular weight excluding hydrogens is 324 g/mol. The van der Waals surface area contributed by atoms with E-state index in [-0.39, 0.29) is 18.0 Å². The number of anilines is 1. The lowest BCUT2D eigenvalue weighted by Crippen LogP contribution is -2.47. The number of amides is 1. The highest BCUT2D eigenvalue weighted by Gasteiger charge is 2.27. The van der Waals surface area contributed by atoms with Crippen molar-refractivity contribution in [1.82, 2.24) is 5.32 Å². The Morgan fingerprint density at radius 3 is 2.62 bits per heavy atom.